The zero-order chi connectivity index (χ0) is 20.1. The normalized spacial score (nSPS) is 14.1. The molecule has 0 unspecified atom stereocenters. The molecule has 2 N–H and O–H groups in total. The number of morpholine rings is 1. The number of ether oxygens (including phenoxy) is 1. The molecule has 4 rings (SSSR count). The molecule has 2 aromatic heterocycles. The Kier molecular flexibility index (Phi) is 5.70. The maximum Gasteiger partial charge on any atom is 0.246 e. The first kappa shape index (κ1) is 18.9. The minimum Gasteiger partial charge on any atom is -0.378 e. The van der Waals surface area contributed by atoms with Crippen molar-refractivity contribution in [3.63, 3.8) is 0 Å². The lowest BCUT2D eigenvalue weighted by Crippen LogP contribution is -2.37. The van der Waals surface area contributed by atoms with Crippen LogP contribution in [0.15, 0.2) is 47.7 Å². The Morgan fingerprint density at radius 3 is 2.69 bits per heavy atom. The maximum absolute atomic E-state index is 9.87. The molecule has 0 atom stereocenters. The largest absolute Gasteiger partial charge is 0.378 e. The molecule has 8 nitrogen and oxygen atoms in total. The molecule has 1 aliphatic heterocycles. The Morgan fingerprint density at radius 2 is 2.00 bits per heavy atom. The van der Waals surface area contributed by atoms with Crippen molar-refractivity contribution in [3.05, 3.63) is 58.9 Å². The fraction of sp³-hybridized carbons (Fsp3) is 0.200. The number of benzene rings is 1. The first-order valence-electron chi connectivity index (χ1n) is 9.08. The van der Waals surface area contributed by atoms with E-state index in [1.54, 1.807) is 18.3 Å². The topological polar surface area (TPSA) is 102 Å². The molecule has 3 heterocycles. The fourth-order valence-corrected chi connectivity index (χ4v) is 3.13. The molecule has 0 saturated carbocycles. The Labute approximate surface area is 172 Å². The van der Waals surface area contributed by atoms with Gasteiger partial charge in [-0.3, -0.25) is 0 Å². The summed E-state index contributed by atoms with van der Waals surface area (Å²) in [7, 11) is 0. The van der Waals surface area contributed by atoms with Crippen LogP contribution in [0.4, 0.5) is 11.8 Å². The van der Waals surface area contributed by atoms with Crippen LogP contribution < -0.4 is 10.3 Å². The Morgan fingerprint density at radius 1 is 1.21 bits per heavy atom. The van der Waals surface area contributed by atoms with Gasteiger partial charge < -0.3 is 14.6 Å². The second kappa shape index (κ2) is 8.73. The second-order valence-corrected chi connectivity index (χ2v) is 6.74. The van der Waals surface area contributed by atoms with Gasteiger partial charge in [0.15, 0.2) is 5.82 Å². The summed E-state index contributed by atoms with van der Waals surface area (Å²) >= 11 is 6.02. The van der Waals surface area contributed by atoms with Gasteiger partial charge in [-0.15, -0.1) is 0 Å². The average Bonchev–Trinajstić information content (AvgIpc) is 3.28. The standard InChI is InChI=1S/C20H18ClN7O/c21-15-5-3-14(4-6-15)18-17(12-22)19(28-8-10-29-11-9-28)26-20(25-18)27-24-13-16-2-1-7-23-16/h1-7,13,23H,8-11H2,(H,25,26,27). The van der Waals surface area contributed by atoms with Crippen molar-refractivity contribution in [1.29, 1.82) is 5.26 Å². The van der Waals surface area contributed by atoms with E-state index < -0.39 is 0 Å². The summed E-state index contributed by atoms with van der Waals surface area (Å²) in [4.78, 5) is 14.2. The third kappa shape index (κ3) is 4.37. The number of H-pyrrole nitrogens is 1. The number of aromatic amines is 1. The predicted octanol–water partition coefficient (Wildman–Crippen LogP) is 3.28. The minimum atomic E-state index is 0.304. The summed E-state index contributed by atoms with van der Waals surface area (Å²) < 4.78 is 5.43. The Bertz CT molecular complexity index is 1040. The number of nitrogens with zero attached hydrogens (tertiary/aromatic N) is 5. The third-order valence-electron chi connectivity index (χ3n) is 4.42. The van der Waals surface area contributed by atoms with Crippen LogP contribution >= 0.6 is 11.6 Å². The predicted molar refractivity (Wildman–Crippen MR) is 112 cm³/mol. The third-order valence-corrected chi connectivity index (χ3v) is 4.67. The van der Waals surface area contributed by atoms with E-state index in [-0.39, 0.29) is 0 Å². The number of anilines is 2. The Hall–Kier alpha value is -3.41. The zero-order valence-corrected chi connectivity index (χ0v) is 16.2. The molecule has 0 bridgehead atoms. The van der Waals surface area contributed by atoms with E-state index in [1.165, 1.54) is 0 Å². The molecule has 0 radical (unpaired) electrons. The molecule has 1 aromatic carbocycles. The lowest BCUT2D eigenvalue weighted by Gasteiger charge is -2.29. The molecule has 9 heteroatoms. The summed E-state index contributed by atoms with van der Waals surface area (Å²) in [6.07, 6.45) is 3.45. The highest BCUT2D eigenvalue weighted by Crippen LogP contribution is 2.30. The number of hydrogen-bond donors (Lipinski definition) is 2. The van der Waals surface area contributed by atoms with E-state index in [9.17, 15) is 5.26 Å². The van der Waals surface area contributed by atoms with Gasteiger partial charge in [0.2, 0.25) is 5.95 Å². The molecular weight excluding hydrogens is 390 g/mol. The van der Waals surface area contributed by atoms with Crippen LogP contribution in [0.3, 0.4) is 0 Å². The minimum absolute atomic E-state index is 0.304. The number of halogens is 1. The molecule has 3 aromatic rings. The highest BCUT2D eigenvalue weighted by Gasteiger charge is 2.22. The molecule has 0 aliphatic carbocycles. The molecule has 29 heavy (non-hydrogen) atoms. The van der Waals surface area contributed by atoms with Gasteiger partial charge in [-0.05, 0) is 24.3 Å². The number of nitriles is 1. The summed E-state index contributed by atoms with van der Waals surface area (Å²) in [5.41, 5.74) is 5.43. The van der Waals surface area contributed by atoms with Crippen LogP contribution in [0.2, 0.25) is 5.02 Å². The maximum atomic E-state index is 9.87. The summed E-state index contributed by atoms with van der Waals surface area (Å²) in [5, 5.41) is 14.7. The van der Waals surface area contributed by atoms with Crippen LogP contribution in [0.5, 0.6) is 0 Å². The van der Waals surface area contributed by atoms with Gasteiger partial charge in [0, 0.05) is 29.9 Å². The van der Waals surface area contributed by atoms with Crippen LogP contribution in [0.1, 0.15) is 11.3 Å². The highest BCUT2D eigenvalue weighted by molar-refractivity contribution is 6.30. The number of nitrogens with one attached hydrogen (secondary N) is 2. The average molecular weight is 408 g/mol. The number of rotatable bonds is 5. The Balaban J connectivity index is 1.75. The van der Waals surface area contributed by atoms with Crippen LogP contribution in [0, 0.1) is 11.3 Å². The quantitative estimate of drug-likeness (QED) is 0.497. The molecule has 0 spiro atoms. The highest BCUT2D eigenvalue weighted by atomic mass is 35.5. The van der Waals surface area contributed by atoms with Crippen molar-refractivity contribution < 1.29 is 4.74 Å². The van der Waals surface area contributed by atoms with Crippen LogP contribution in [-0.4, -0.2) is 47.5 Å². The van der Waals surface area contributed by atoms with Crippen molar-refractivity contribution in [1.82, 2.24) is 15.0 Å². The van der Waals surface area contributed by atoms with Gasteiger partial charge in [-0.2, -0.15) is 15.3 Å². The summed E-state index contributed by atoms with van der Waals surface area (Å²) in [6.45, 7) is 2.46. The van der Waals surface area contributed by atoms with Gasteiger partial charge in [-0.25, -0.2) is 10.4 Å². The monoisotopic (exact) mass is 407 g/mol. The van der Waals surface area contributed by atoms with E-state index in [0.29, 0.717) is 54.3 Å². The van der Waals surface area contributed by atoms with E-state index in [1.807, 2.05) is 35.4 Å². The number of aromatic nitrogens is 3. The van der Waals surface area contributed by atoms with Crippen molar-refractivity contribution in [3.8, 4) is 17.3 Å². The molecule has 1 aliphatic rings. The van der Waals surface area contributed by atoms with Crippen molar-refractivity contribution in [2.24, 2.45) is 5.10 Å². The van der Waals surface area contributed by atoms with Crippen molar-refractivity contribution >= 4 is 29.6 Å². The van der Waals surface area contributed by atoms with Gasteiger partial charge in [0.25, 0.3) is 0 Å². The molecule has 0 amide bonds. The van der Waals surface area contributed by atoms with E-state index >= 15 is 0 Å². The number of hydrogen-bond acceptors (Lipinski definition) is 7. The SMILES string of the molecule is N#Cc1c(-c2ccc(Cl)cc2)nc(NN=Cc2ccc[nH]2)nc1N1CCOCC1. The summed E-state index contributed by atoms with van der Waals surface area (Å²) in [6, 6.07) is 13.2. The first-order valence-corrected chi connectivity index (χ1v) is 9.45. The van der Waals surface area contributed by atoms with Crippen LogP contribution in [0.25, 0.3) is 11.3 Å². The lowest BCUT2D eigenvalue weighted by molar-refractivity contribution is 0.122. The van der Waals surface area contributed by atoms with Gasteiger partial charge in [0.1, 0.15) is 11.6 Å². The smallest absolute Gasteiger partial charge is 0.246 e. The zero-order valence-electron chi connectivity index (χ0n) is 15.5. The van der Waals surface area contributed by atoms with Gasteiger partial charge >= 0.3 is 0 Å². The van der Waals surface area contributed by atoms with E-state index in [0.717, 1.165) is 11.3 Å². The molecule has 1 saturated heterocycles. The molecular formula is C20H18ClN7O. The first-order chi connectivity index (χ1) is 14.2. The molecule has 146 valence electrons. The lowest BCUT2D eigenvalue weighted by atomic mass is 10.1. The van der Waals surface area contributed by atoms with Crippen molar-refractivity contribution in [2.75, 3.05) is 36.6 Å². The number of hydrazone groups is 1. The van der Waals surface area contributed by atoms with Gasteiger partial charge in [-0.1, -0.05) is 23.7 Å². The molecule has 1 fully saturated rings. The van der Waals surface area contributed by atoms with Crippen LogP contribution in [-0.2, 0) is 4.74 Å². The van der Waals surface area contributed by atoms with E-state index in [4.69, 9.17) is 16.3 Å². The van der Waals surface area contributed by atoms with Crippen molar-refractivity contribution in [2.45, 2.75) is 0 Å². The van der Waals surface area contributed by atoms with Gasteiger partial charge in [0.05, 0.1) is 30.8 Å². The fourth-order valence-electron chi connectivity index (χ4n) is 3.01. The second-order valence-electron chi connectivity index (χ2n) is 6.31. The summed E-state index contributed by atoms with van der Waals surface area (Å²) in [5.74, 6) is 0.867. The van der Waals surface area contributed by atoms with E-state index in [2.05, 4.69) is 31.5 Å².